The standard InChI is InChI=1S/C23H22N4O4/c1-4-31-22(30)16-13-24-11-10-17(16)25-18-12-14(2)19-20(28)26-23(3,27(19)21(18)29)15-8-6-5-7-9-15/h5-13H,4H2,1-3H3,(H,24,25)(H,26,28). The third-order valence-corrected chi connectivity index (χ3v) is 5.33. The Morgan fingerprint density at radius 1 is 1.19 bits per heavy atom. The summed E-state index contributed by atoms with van der Waals surface area (Å²) in [7, 11) is 0. The Hall–Kier alpha value is -3.94. The Labute approximate surface area is 178 Å². The molecule has 1 aliphatic rings. The average molecular weight is 418 g/mol. The Balaban J connectivity index is 1.85. The minimum Gasteiger partial charge on any atom is -0.462 e. The van der Waals surface area contributed by atoms with E-state index in [-0.39, 0.29) is 23.8 Å². The number of aromatic nitrogens is 2. The zero-order valence-electron chi connectivity index (χ0n) is 17.4. The van der Waals surface area contributed by atoms with Gasteiger partial charge < -0.3 is 15.4 Å². The number of esters is 1. The summed E-state index contributed by atoms with van der Waals surface area (Å²) in [5.74, 6) is -0.856. The van der Waals surface area contributed by atoms with Gasteiger partial charge in [0, 0.05) is 12.4 Å². The van der Waals surface area contributed by atoms with Crippen molar-refractivity contribution in [2.45, 2.75) is 26.4 Å². The van der Waals surface area contributed by atoms with Gasteiger partial charge in [-0.1, -0.05) is 30.3 Å². The second-order valence-corrected chi connectivity index (χ2v) is 7.39. The molecule has 0 aliphatic carbocycles. The number of carbonyl (C=O) groups excluding carboxylic acids is 2. The molecule has 1 aliphatic heterocycles. The maximum absolute atomic E-state index is 13.5. The van der Waals surface area contributed by atoms with Gasteiger partial charge in [-0.25, -0.2) is 4.79 Å². The van der Waals surface area contributed by atoms with Crippen molar-refractivity contribution in [1.29, 1.82) is 0 Å². The Kier molecular flexibility index (Phi) is 5.06. The van der Waals surface area contributed by atoms with Crippen molar-refractivity contribution >= 4 is 23.3 Å². The van der Waals surface area contributed by atoms with Gasteiger partial charge in [0.05, 0.1) is 12.3 Å². The first-order valence-electron chi connectivity index (χ1n) is 9.90. The van der Waals surface area contributed by atoms with E-state index in [1.54, 1.807) is 32.9 Å². The van der Waals surface area contributed by atoms with E-state index >= 15 is 0 Å². The highest BCUT2D eigenvalue weighted by Gasteiger charge is 2.42. The van der Waals surface area contributed by atoms with Gasteiger partial charge in [-0.2, -0.15) is 0 Å². The molecule has 0 bridgehead atoms. The lowest BCUT2D eigenvalue weighted by atomic mass is 10.0. The van der Waals surface area contributed by atoms with Crippen molar-refractivity contribution in [1.82, 2.24) is 14.9 Å². The summed E-state index contributed by atoms with van der Waals surface area (Å²) in [6, 6.07) is 12.5. The molecule has 0 radical (unpaired) electrons. The first-order valence-corrected chi connectivity index (χ1v) is 9.90. The highest BCUT2D eigenvalue weighted by molar-refractivity contribution is 5.98. The number of fused-ring (bicyclic) bond motifs is 1. The van der Waals surface area contributed by atoms with Gasteiger partial charge in [0.2, 0.25) is 0 Å². The number of aryl methyl sites for hydroxylation is 1. The number of carbonyl (C=O) groups is 2. The van der Waals surface area contributed by atoms with Crippen molar-refractivity contribution in [2.24, 2.45) is 0 Å². The number of nitrogens with zero attached hydrogens (tertiary/aromatic N) is 2. The number of hydrogen-bond donors (Lipinski definition) is 2. The molecule has 1 aromatic carbocycles. The number of pyridine rings is 2. The van der Waals surface area contributed by atoms with Crippen LogP contribution in [-0.2, 0) is 10.4 Å². The van der Waals surface area contributed by atoms with E-state index in [0.29, 0.717) is 16.9 Å². The lowest BCUT2D eigenvalue weighted by Crippen LogP contribution is -2.46. The number of amides is 1. The molecule has 1 atom stereocenters. The lowest BCUT2D eigenvalue weighted by Gasteiger charge is -2.28. The van der Waals surface area contributed by atoms with Crippen LogP contribution in [0.2, 0.25) is 0 Å². The molecule has 0 saturated carbocycles. The van der Waals surface area contributed by atoms with Crippen molar-refractivity contribution in [3.05, 3.63) is 87.6 Å². The fourth-order valence-corrected chi connectivity index (χ4v) is 3.86. The topological polar surface area (TPSA) is 102 Å². The van der Waals surface area contributed by atoms with Gasteiger partial charge >= 0.3 is 5.97 Å². The smallest absolute Gasteiger partial charge is 0.341 e. The van der Waals surface area contributed by atoms with Gasteiger partial charge in [-0.05, 0) is 44.0 Å². The molecular weight excluding hydrogens is 396 g/mol. The monoisotopic (exact) mass is 418 g/mol. The number of rotatable bonds is 5. The van der Waals surface area contributed by atoms with Crippen molar-refractivity contribution < 1.29 is 14.3 Å². The molecule has 0 spiro atoms. The number of anilines is 2. The summed E-state index contributed by atoms with van der Waals surface area (Å²) < 4.78 is 6.55. The van der Waals surface area contributed by atoms with Crippen molar-refractivity contribution in [3.8, 4) is 0 Å². The summed E-state index contributed by atoms with van der Waals surface area (Å²) in [6.45, 7) is 5.49. The van der Waals surface area contributed by atoms with E-state index in [1.165, 1.54) is 17.0 Å². The second kappa shape index (κ2) is 7.71. The molecule has 2 N–H and O–H groups in total. The van der Waals surface area contributed by atoms with Gasteiger partial charge in [-0.15, -0.1) is 0 Å². The maximum Gasteiger partial charge on any atom is 0.341 e. The van der Waals surface area contributed by atoms with Crippen LogP contribution in [-0.4, -0.2) is 28.0 Å². The van der Waals surface area contributed by atoms with E-state index in [1.807, 2.05) is 30.3 Å². The molecule has 0 fully saturated rings. The van der Waals surface area contributed by atoms with Crippen molar-refractivity contribution in [2.75, 3.05) is 11.9 Å². The van der Waals surface area contributed by atoms with Crippen LogP contribution in [0.3, 0.4) is 0 Å². The summed E-state index contributed by atoms with van der Waals surface area (Å²) in [4.78, 5) is 42.6. The van der Waals surface area contributed by atoms with E-state index in [4.69, 9.17) is 4.74 Å². The Bertz CT molecular complexity index is 1240. The van der Waals surface area contributed by atoms with Gasteiger partial charge in [-0.3, -0.25) is 19.1 Å². The summed E-state index contributed by atoms with van der Waals surface area (Å²) in [5, 5.41) is 5.98. The van der Waals surface area contributed by atoms with Crippen LogP contribution in [0.5, 0.6) is 0 Å². The van der Waals surface area contributed by atoms with Gasteiger partial charge in [0.25, 0.3) is 11.5 Å². The summed E-state index contributed by atoms with van der Waals surface area (Å²) in [6.07, 6.45) is 2.90. The Morgan fingerprint density at radius 2 is 1.94 bits per heavy atom. The predicted molar refractivity (Wildman–Crippen MR) is 116 cm³/mol. The molecule has 3 heterocycles. The molecular formula is C23H22N4O4. The van der Waals surface area contributed by atoms with Crippen LogP contribution >= 0.6 is 0 Å². The number of nitrogens with one attached hydrogen (secondary N) is 2. The van der Waals surface area contributed by atoms with E-state index in [0.717, 1.165) is 5.56 Å². The summed E-state index contributed by atoms with van der Waals surface area (Å²) in [5.41, 5.74) is 1.12. The first-order chi connectivity index (χ1) is 14.9. The molecule has 3 aromatic rings. The third kappa shape index (κ3) is 3.35. The zero-order valence-corrected chi connectivity index (χ0v) is 17.4. The number of benzene rings is 1. The molecule has 8 nitrogen and oxygen atoms in total. The third-order valence-electron chi connectivity index (χ3n) is 5.33. The average Bonchev–Trinajstić information content (AvgIpc) is 3.05. The van der Waals surface area contributed by atoms with E-state index < -0.39 is 17.2 Å². The Morgan fingerprint density at radius 3 is 2.65 bits per heavy atom. The normalized spacial score (nSPS) is 17.1. The van der Waals surface area contributed by atoms with Gasteiger partial charge in [0.1, 0.15) is 22.6 Å². The lowest BCUT2D eigenvalue weighted by molar-refractivity contribution is 0.0527. The number of hydrogen-bond acceptors (Lipinski definition) is 6. The van der Waals surface area contributed by atoms with Crippen LogP contribution in [0.25, 0.3) is 0 Å². The molecule has 1 amide bonds. The van der Waals surface area contributed by atoms with Crippen LogP contribution in [0.1, 0.15) is 45.8 Å². The highest BCUT2D eigenvalue weighted by atomic mass is 16.5. The van der Waals surface area contributed by atoms with Gasteiger partial charge in [0.15, 0.2) is 0 Å². The fraction of sp³-hybridized carbons (Fsp3) is 0.217. The molecule has 1 unspecified atom stereocenters. The van der Waals surface area contributed by atoms with Crippen molar-refractivity contribution in [3.63, 3.8) is 0 Å². The molecule has 31 heavy (non-hydrogen) atoms. The fourth-order valence-electron chi connectivity index (χ4n) is 3.86. The molecule has 0 saturated heterocycles. The number of ether oxygens (including phenoxy) is 1. The second-order valence-electron chi connectivity index (χ2n) is 7.39. The zero-order chi connectivity index (χ0) is 22.2. The summed E-state index contributed by atoms with van der Waals surface area (Å²) >= 11 is 0. The maximum atomic E-state index is 13.5. The van der Waals surface area contributed by atoms with Crippen LogP contribution in [0.15, 0.2) is 59.7 Å². The molecule has 158 valence electrons. The minimum atomic E-state index is -1.05. The first kappa shape index (κ1) is 20.3. The largest absolute Gasteiger partial charge is 0.462 e. The quantitative estimate of drug-likeness (QED) is 0.618. The van der Waals surface area contributed by atoms with E-state index in [9.17, 15) is 14.4 Å². The minimum absolute atomic E-state index is 0.215. The highest BCUT2D eigenvalue weighted by Crippen LogP contribution is 2.31. The van der Waals surface area contributed by atoms with Crippen LogP contribution in [0, 0.1) is 6.92 Å². The van der Waals surface area contributed by atoms with Crippen LogP contribution < -0.4 is 16.2 Å². The molecule has 2 aromatic heterocycles. The van der Waals surface area contributed by atoms with Crippen LogP contribution in [0.4, 0.5) is 11.4 Å². The predicted octanol–water partition coefficient (Wildman–Crippen LogP) is 2.94. The SMILES string of the molecule is CCOC(=O)c1cnccc1Nc1cc(C)c2n(c1=O)C(C)(c1ccccc1)NC2=O. The van der Waals surface area contributed by atoms with E-state index in [2.05, 4.69) is 15.6 Å². The molecule has 8 heteroatoms. The molecule has 4 rings (SSSR count).